The van der Waals surface area contributed by atoms with Crippen molar-refractivity contribution in [3.05, 3.63) is 99.1 Å². The van der Waals surface area contributed by atoms with Crippen molar-refractivity contribution in [1.82, 2.24) is 9.99 Å². The molecule has 0 radical (unpaired) electrons. The number of pyridine rings is 1. The summed E-state index contributed by atoms with van der Waals surface area (Å²) in [6.45, 7) is 3.57. The molecule has 4 nitrogen and oxygen atoms in total. The van der Waals surface area contributed by atoms with Crippen LogP contribution in [-0.4, -0.2) is 21.6 Å². The van der Waals surface area contributed by atoms with Gasteiger partial charge in [0, 0.05) is 45.0 Å². The van der Waals surface area contributed by atoms with Gasteiger partial charge in [-0.05, 0) is 48.4 Å². The predicted molar refractivity (Wildman–Crippen MR) is 137 cm³/mol. The first kappa shape index (κ1) is 21.8. The van der Waals surface area contributed by atoms with Gasteiger partial charge in [-0.15, -0.1) is 0 Å². The number of hydrazone groups is 1. The van der Waals surface area contributed by atoms with Crippen molar-refractivity contribution in [3.63, 3.8) is 0 Å². The molecule has 1 atom stereocenters. The van der Waals surface area contributed by atoms with Crippen LogP contribution in [0.4, 0.5) is 0 Å². The molecule has 1 aromatic heterocycles. The van der Waals surface area contributed by atoms with Crippen LogP contribution in [0.3, 0.4) is 0 Å². The molecule has 164 valence electrons. The Morgan fingerprint density at radius 3 is 2.52 bits per heavy atom. The lowest BCUT2D eigenvalue weighted by Crippen LogP contribution is -2.24. The Morgan fingerprint density at radius 1 is 1.03 bits per heavy atom. The quantitative estimate of drug-likeness (QED) is 0.285. The minimum Gasteiger partial charge on any atom is -0.273 e. The Labute approximate surface area is 206 Å². The van der Waals surface area contributed by atoms with E-state index in [4.69, 9.17) is 21.7 Å². The normalized spacial score (nSPS) is 15.7. The number of carbonyl (C=O) groups excluding carboxylic acids is 1. The second kappa shape index (κ2) is 8.73. The topological polar surface area (TPSA) is 45.6 Å². The molecule has 0 spiro atoms. The minimum atomic E-state index is -0.168. The number of hydrogen-bond donors (Lipinski definition) is 0. The van der Waals surface area contributed by atoms with Gasteiger partial charge in [0.15, 0.2) is 0 Å². The van der Waals surface area contributed by atoms with Gasteiger partial charge in [-0.3, -0.25) is 9.78 Å². The average molecular weight is 519 g/mol. The van der Waals surface area contributed by atoms with Crippen molar-refractivity contribution < 1.29 is 4.79 Å². The van der Waals surface area contributed by atoms with Crippen LogP contribution >= 0.6 is 27.5 Å². The van der Waals surface area contributed by atoms with E-state index in [-0.39, 0.29) is 11.9 Å². The van der Waals surface area contributed by atoms with Gasteiger partial charge in [-0.25, -0.2) is 5.01 Å². The third-order valence-electron chi connectivity index (χ3n) is 5.96. The van der Waals surface area contributed by atoms with Gasteiger partial charge in [0.2, 0.25) is 5.91 Å². The number of carbonyl (C=O) groups is 1. The molecule has 5 rings (SSSR count). The predicted octanol–water partition coefficient (Wildman–Crippen LogP) is 7.32. The van der Waals surface area contributed by atoms with Crippen LogP contribution in [0.5, 0.6) is 0 Å². The molecule has 1 aliphatic rings. The largest absolute Gasteiger partial charge is 0.273 e. The molecule has 0 aliphatic carbocycles. The number of amides is 1. The highest BCUT2D eigenvalue weighted by Crippen LogP contribution is 2.39. The molecule has 0 saturated heterocycles. The Balaban J connectivity index is 1.72. The number of para-hydroxylation sites is 1. The number of benzene rings is 3. The number of aryl methyl sites for hydroxylation is 1. The zero-order valence-electron chi connectivity index (χ0n) is 18.2. The molecule has 3 aromatic carbocycles. The number of hydrogen-bond acceptors (Lipinski definition) is 3. The third-order valence-corrected chi connectivity index (χ3v) is 6.71. The molecular formula is C27H21BrClN3O. The third kappa shape index (κ3) is 4.07. The van der Waals surface area contributed by atoms with E-state index in [1.807, 2.05) is 73.7 Å². The number of rotatable bonds is 3. The van der Waals surface area contributed by atoms with Crippen LogP contribution in [0.2, 0.25) is 5.02 Å². The molecule has 33 heavy (non-hydrogen) atoms. The molecule has 4 aromatic rings. The Bertz CT molecular complexity index is 1420. The number of aromatic nitrogens is 1. The zero-order chi connectivity index (χ0) is 23.1. The van der Waals surface area contributed by atoms with E-state index in [9.17, 15) is 4.79 Å². The van der Waals surface area contributed by atoms with Gasteiger partial charge >= 0.3 is 0 Å². The summed E-state index contributed by atoms with van der Waals surface area (Å²) in [6.07, 6.45) is 0.609. The summed E-state index contributed by atoms with van der Waals surface area (Å²) < 4.78 is 0.974. The van der Waals surface area contributed by atoms with Crippen LogP contribution in [0, 0.1) is 6.92 Å². The van der Waals surface area contributed by atoms with E-state index < -0.39 is 0 Å². The molecule has 1 unspecified atom stereocenters. The van der Waals surface area contributed by atoms with Crippen LogP contribution in [-0.2, 0) is 4.79 Å². The van der Waals surface area contributed by atoms with Gasteiger partial charge in [0.05, 0.1) is 17.3 Å². The molecule has 0 bridgehead atoms. The Kier molecular flexibility index (Phi) is 5.77. The fourth-order valence-corrected chi connectivity index (χ4v) is 5.07. The van der Waals surface area contributed by atoms with Gasteiger partial charge in [0.25, 0.3) is 0 Å². The summed E-state index contributed by atoms with van der Waals surface area (Å²) in [4.78, 5) is 17.4. The maximum absolute atomic E-state index is 12.6. The molecular weight excluding hydrogens is 498 g/mol. The van der Waals surface area contributed by atoms with E-state index in [0.29, 0.717) is 11.4 Å². The summed E-state index contributed by atoms with van der Waals surface area (Å²) in [5.74, 6) is -0.0885. The van der Waals surface area contributed by atoms with Crippen LogP contribution < -0.4 is 0 Å². The fourth-order valence-electron chi connectivity index (χ4n) is 4.53. The Hall–Kier alpha value is -3.02. The highest BCUT2D eigenvalue weighted by molar-refractivity contribution is 9.10. The molecule has 6 heteroatoms. The summed E-state index contributed by atoms with van der Waals surface area (Å²) in [7, 11) is 0. The maximum Gasteiger partial charge on any atom is 0.240 e. The first-order valence-corrected chi connectivity index (χ1v) is 11.9. The second-order valence-corrected chi connectivity index (χ2v) is 9.51. The number of nitrogens with zero attached hydrogens (tertiary/aromatic N) is 3. The van der Waals surface area contributed by atoms with Gasteiger partial charge in [-0.1, -0.05) is 70.0 Å². The molecule has 2 heterocycles. The Morgan fingerprint density at radius 2 is 1.79 bits per heavy atom. The smallest absolute Gasteiger partial charge is 0.240 e. The maximum atomic E-state index is 12.6. The highest BCUT2D eigenvalue weighted by atomic mass is 79.9. The van der Waals surface area contributed by atoms with E-state index in [2.05, 4.69) is 22.0 Å². The van der Waals surface area contributed by atoms with E-state index >= 15 is 0 Å². The van der Waals surface area contributed by atoms with Crippen molar-refractivity contribution in [2.75, 3.05) is 0 Å². The summed E-state index contributed by atoms with van der Waals surface area (Å²) in [6, 6.07) is 23.8. The van der Waals surface area contributed by atoms with Crippen molar-refractivity contribution in [2.45, 2.75) is 26.3 Å². The molecule has 0 fully saturated rings. The fraction of sp³-hybridized carbons (Fsp3) is 0.148. The van der Waals surface area contributed by atoms with Crippen LogP contribution in [0.15, 0.2) is 82.4 Å². The first-order valence-electron chi connectivity index (χ1n) is 10.7. The summed E-state index contributed by atoms with van der Waals surface area (Å²) in [5.41, 5.74) is 6.78. The van der Waals surface area contributed by atoms with E-state index in [1.54, 1.807) is 11.9 Å². The highest BCUT2D eigenvalue weighted by Gasteiger charge is 2.33. The van der Waals surface area contributed by atoms with Crippen molar-refractivity contribution in [1.29, 1.82) is 0 Å². The van der Waals surface area contributed by atoms with Crippen molar-refractivity contribution in [3.8, 4) is 11.1 Å². The summed E-state index contributed by atoms with van der Waals surface area (Å²) in [5, 5.41) is 8.16. The lowest BCUT2D eigenvalue weighted by Gasteiger charge is -2.20. The second-order valence-electron chi connectivity index (χ2n) is 8.16. The molecule has 0 saturated carbocycles. The van der Waals surface area contributed by atoms with E-state index in [1.165, 1.54) is 0 Å². The van der Waals surface area contributed by atoms with Gasteiger partial charge in [0.1, 0.15) is 0 Å². The van der Waals surface area contributed by atoms with Crippen molar-refractivity contribution in [2.24, 2.45) is 5.10 Å². The lowest BCUT2D eigenvalue weighted by molar-refractivity contribution is -0.130. The van der Waals surface area contributed by atoms with Crippen LogP contribution in [0.1, 0.15) is 36.2 Å². The molecule has 0 N–H and O–H groups in total. The van der Waals surface area contributed by atoms with Crippen LogP contribution in [0.25, 0.3) is 22.0 Å². The SMILES string of the molecule is CC(=O)N1N=C(c2c(C)nc3ccccc3c2-c2ccc(Cl)cc2)CC1c1cccc(Br)c1. The standard InChI is InChI=1S/C27H21BrClN3O/c1-16-26(24-15-25(32(31-24)17(2)33)19-6-5-7-20(28)14-19)27(18-10-12-21(29)13-11-18)22-8-3-4-9-23(22)30-16/h3-14,25H,15H2,1-2H3. The van der Waals surface area contributed by atoms with Gasteiger partial charge in [-0.2, -0.15) is 5.10 Å². The van der Waals surface area contributed by atoms with Crippen molar-refractivity contribution >= 4 is 50.1 Å². The monoisotopic (exact) mass is 517 g/mol. The number of fused-ring (bicyclic) bond motifs is 1. The lowest BCUT2D eigenvalue weighted by atomic mass is 9.89. The minimum absolute atomic E-state index is 0.0885. The van der Waals surface area contributed by atoms with Gasteiger partial charge < -0.3 is 0 Å². The average Bonchev–Trinajstić information content (AvgIpc) is 3.24. The molecule has 1 aliphatic heterocycles. The molecule has 1 amide bonds. The number of halogens is 2. The zero-order valence-corrected chi connectivity index (χ0v) is 20.6. The van der Waals surface area contributed by atoms with E-state index in [0.717, 1.165) is 49.0 Å². The summed E-state index contributed by atoms with van der Waals surface area (Å²) >= 11 is 9.74. The first-order chi connectivity index (χ1) is 15.9.